The monoisotopic (exact) mass is 352 g/mol. The minimum absolute atomic E-state index is 0.458. The largest absolute Gasteiger partial charge is 0.493 e. The maximum absolute atomic E-state index is 12.5. The van der Waals surface area contributed by atoms with E-state index in [0.717, 1.165) is 24.1 Å². The fourth-order valence-electron chi connectivity index (χ4n) is 2.01. The summed E-state index contributed by atoms with van der Waals surface area (Å²) < 4.78 is 48.4. The molecule has 0 saturated heterocycles. The lowest BCUT2D eigenvalue weighted by Crippen LogP contribution is -2.04. The molecule has 0 aliphatic heterocycles. The van der Waals surface area contributed by atoms with Crippen molar-refractivity contribution in [2.24, 2.45) is 5.10 Å². The Balaban J connectivity index is 2.02. The van der Waals surface area contributed by atoms with Crippen LogP contribution in [0, 0.1) is 0 Å². The van der Waals surface area contributed by atoms with Crippen LogP contribution in [0.15, 0.2) is 47.6 Å². The molecule has 0 aliphatic carbocycles. The highest BCUT2D eigenvalue weighted by Gasteiger charge is 2.29. The Morgan fingerprint density at radius 3 is 2.40 bits per heavy atom. The standard InChI is InChI=1S/C18H19F3N2O2/c1-3-10-25-16-9-4-13(11-17(16)24-2)12-22-23-15-7-5-14(6-8-15)18(19,20)21/h4-9,11-12,23H,3,10H2,1-2H3. The van der Waals surface area contributed by atoms with E-state index < -0.39 is 11.7 Å². The van der Waals surface area contributed by atoms with Crippen LogP contribution in [0.2, 0.25) is 0 Å². The van der Waals surface area contributed by atoms with Crippen molar-refractivity contribution >= 4 is 11.9 Å². The molecule has 134 valence electrons. The van der Waals surface area contributed by atoms with Crippen LogP contribution in [-0.2, 0) is 6.18 Å². The molecule has 0 heterocycles. The number of nitrogens with one attached hydrogen (secondary N) is 1. The molecule has 0 aromatic heterocycles. The van der Waals surface area contributed by atoms with Gasteiger partial charge >= 0.3 is 6.18 Å². The fourth-order valence-corrected chi connectivity index (χ4v) is 2.01. The van der Waals surface area contributed by atoms with Gasteiger partial charge in [-0.2, -0.15) is 18.3 Å². The average Bonchev–Trinajstić information content (AvgIpc) is 2.60. The molecule has 4 nitrogen and oxygen atoms in total. The number of benzene rings is 2. The van der Waals surface area contributed by atoms with Gasteiger partial charge in [-0.1, -0.05) is 6.92 Å². The summed E-state index contributed by atoms with van der Waals surface area (Å²) in [5, 5.41) is 4.02. The number of nitrogens with zero attached hydrogens (tertiary/aromatic N) is 1. The Kier molecular flexibility index (Phi) is 6.27. The summed E-state index contributed by atoms with van der Waals surface area (Å²) in [7, 11) is 1.55. The van der Waals surface area contributed by atoms with Crippen molar-refractivity contribution in [1.29, 1.82) is 0 Å². The Hall–Kier alpha value is -2.70. The third-order valence-corrected chi connectivity index (χ3v) is 3.27. The van der Waals surface area contributed by atoms with Crippen molar-refractivity contribution < 1.29 is 22.6 Å². The van der Waals surface area contributed by atoms with Crippen LogP contribution in [0.5, 0.6) is 11.5 Å². The maximum atomic E-state index is 12.5. The van der Waals surface area contributed by atoms with E-state index in [9.17, 15) is 13.2 Å². The Labute approximate surface area is 144 Å². The normalized spacial score (nSPS) is 11.6. The highest BCUT2D eigenvalue weighted by molar-refractivity contribution is 5.81. The van der Waals surface area contributed by atoms with E-state index in [0.29, 0.717) is 23.8 Å². The molecule has 0 spiro atoms. The van der Waals surface area contributed by atoms with Crippen molar-refractivity contribution in [2.75, 3.05) is 19.1 Å². The molecule has 0 amide bonds. The molecule has 0 aliphatic rings. The molecule has 1 N–H and O–H groups in total. The Bertz CT molecular complexity index is 713. The van der Waals surface area contributed by atoms with E-state index in [1.165, 1.54) is 12.1 Å². The first-order valence-corrected chi connectivity index (χ1v) is 7.71. The zero-order chi connectivity index (χ0) is 18.3. The zero-order valence-electron chi connectivity index (χ0n) is 13.9. The van der Waals surface area contributed by atoms with Crippen molar-refractivity contribution in [3.8, 4) is 11.5 Å². The molecule has 2 aromatic carbocycles. The lowest BCUT2D eigenvalue weighted by atomic mass is 10.2. The summed E-state index contributed by atoms with van der Waals surface area (Å²) in [6.07, 6.45) is -1.91. The number of hydrogen-bond acceptors (Lipinski definition) is 4. The number of alkyl halides is 3. The summed E-state index contributed by atoms with van der Waals surface area (Å²) in [6.45, 7) is 2.61. The molecule has 25 heavy (non-hydrogen) atoms. The van der Waals surface area contributed by atoms with E-state index in [1.54, 1.807) is 25.5 Å². The zero-order valence-corrected chi connectivity index (χ0v) is 13.9. The van der Waals surface area contributed by atoms with Gasteiger partial charge in [-0.05, 0) is 54.4 Å². The summed E-state index contributed by atoms with van der Waals surface area (Å²) >= 11 is 0. The molecule has 0 bridgehead atoms. The van der Waals surface area contributed by atoms with Crippen molar-refractivity contribution in [2.45, 2.75) is 19.5 Å². The smallest absolute Gasteiger partial charge is 0.416 e. The predicted molar refractivity (Wildman–Crippen MR) is 91.4 cm³/mol. The Morgan fingerprint density at radius 1 is 1.08 bits per heavy atom. The topological polar surface area (TPSA) is 42.8 Å². The SMILES string of the molecule is CCCOc1ccc(C=NNc2ccc(C(F)(F)F)cc2)cc1OC. The van der Waals surface area contributed by atoms with E-state index in [1.807, 2.05) is 13.0 Å². The first-order valence-electron chi connectivity index (χ1n) is 7.71. The van der Waals surface area contributed by atoms with Crippen molar-refractivity contribution in [3.63, 3.8) is 0 Å². The molecular formula is C18H19F3N2O2. The van der Waals surface area contributed by atoms with Gasteiger partial charge in [-0.25, -0.2) is 0 Å². The lowest BCUT2D eigenvalue weighted by molar-refractivity contribution is -0.137. The molecule has 0 unspecified atom stereocenters. The number of hydrogen-bond donors (Lipinski definition) is 1. The van der Waals surface area contributed by atoms with Gasteiger partial charge in [-0.3, -0.25) is 5.43 Å². The molecule has 0 saturated carbocycles. The summed E-state index contributed by atoms with van der Waals surface area (Å²) in [5.41, 5.74) is 3.21. The third kappa shape index (κ3) is 5.41. The van der Waals surface area contributed by atoms with Crippen molar-refractivity contribution in [3.05, 3.63) is 53.6 Å². The van der Waals surface area contributed by atoms with Crippen LogP contribution in [0.1, 0.15) is 24.5 Å². The molecule has 7 heteroatoms. The summed E-state index contributed by atoms with van der Waals surface area (Å²) in [6, 6.07) is 10.0. The molecule has 0 radical (unpaired) electrons. The van der Waals surface area contributed by atoms with Gasteiger partial charge in [0.25, 0.3) is 0 Å². The van der Waals surface area contributed by atoms with Crippen LogP contribution < -0.4 is 14.9 Å². The second kappa shape index (κ2) is 8.41. The predicted octanol–water partition coefficient (Wildman–Crippen LogP) is 4.95. The van der Waals surface area contributed by atoms with Gasteiger partial charge in [0.05, 0.1) is 31.2 Å². The summed E-state index contributed by atoms with van der Waals surface area (Å²) in [5.74, 6) is 1.24. The summed E-state index contributed by atoms with van der Waals surface area (Å²) in [4.78, 5) is 0. The highest BCUT2D eigenvalue weighted by atomic mass is 19.4. The molecule has 0 fully saturated rings. The molecular weight excluding hydrogens is 333 g/mol. The van der Waals surface area contributed by atoms with E-state index in [4.69, 9.17) is 9.47 Å². The average molecular weight is 352 g/mol. The third-order valence-electron chi connectivity index (χ3n) is 3.27. The van der Waals surface area contributed by atoms with Crippen LogP contribution in [-0.4, -0.2) is 19.9 Å². The number of hydrazone groups is 1. The molecule has 2 aromatic rings. The lowest BCUT2D eigenvalue weighted by Gasteiger charge is -2.10. The first-order chi connectivity index (χ1) is 11.9. The quantitative estimate of drug-likeness (QED) is 0.566. The minimum Gasteiger partial charge on any atom is -0.493 e. The number of halogens is 3. The minimum atomic E-state index is -4.35. The second-order valence-electron chi connectivity index (χ2n) is 5.20. The maximum Gasteiger partial charge on any atom is 0.416 e. The van der Waals surface area contributed by atoms with Gasteiger partial charge < -0.3 is 9.47 Å². The van der Waals surface area contributed by atoms with Gasteiger partial charge in [-0.15, -0.1) is 0 Å². The van der Waals surface area contributed by atoms with E-state index >= 15 is 0 Å². The second-order valence-corrected chi connectivity index (χ2v) is 5.20. The number of methoxy groups -OCH3 is 1. The van der Waals surface area contributed by atoms with Crippen LogP contribution >= 0.6 is 0 Å². The molecule has 2 rings (SSSR count). The Morgan fingerprint density at radius 2 is 1.80 bits per heavy atom. The van der Waals surface area contributed by atoms with Crippen LogP contribution in [0.4, 0.5) is 18.9 Å². The van der Waals surface area contributed by atoms with Gasteiger partial charge in [0.15, 0.2) is 11.5 Å². The number of rotatable bonds is 7. The molecule has 0 atom stereocenters. The van der Waals surface area contributed by atoms with Gasteiger partial charge in [0, 0.05) is 0 Å². The van der Waals surface area contributed by atoms with Gasteiger partial charge in [0.1, 0.15) is 0 Å². The van der Waals surface area contributed by atoms with Crippen LogP contribution in [0.25, 0.3) is 0 Å². The van der Waals surface area contributed by atoms with Gasteiger partial charge in [0.2, 0.25) is 0 Å². The van der Waals surface area contributed by atoms with Crippen molar-refractivity contribution in [1.82, 2.24) is 0 Å². The number of anilines is 1. The highest BCUT2D eigenvalue weighted by Crippen LogP contribution is 2.30. The number of ether oxygens (including phenoxy) is 2. The van der Waals surface area contributed by atoms with Crippen LogP contribution in [0.3, 0.4) is 0 Å². The van der Waals surface area contributed by atoms with E-state index in [2.05, 4.69) is 10.5 Å². The van der Waals surface area contributed by atoms with E-state index in [-0.39, 0.29) is 0 Å². The first kappa shape index (κ1) is 18.6. The fraction of sp³-hybridized carbons (Fsp3) is 0.278.